The maximum Gasteiger partial charge on any atom is 0.243 e. The number of benzene rings is 1. The second-order valence-electron chi connectivity index (χ2n) is 7.87. The maximum atomic E-state index is 13.3. The van der Waals surface area contributed by atoms with Crippen molar-refractivity contribution in [3.05, 3.63) is 36.7 Å². The quantitative estimate of drug-likeness (QED) is 0.745. The van der Waals surface area contributed by atoms with E-state index in [0.29, 0.717) is 18.0 Å². The first-order valence-electron chi connectivity index (χ1n) is 9.55. The maximum absolute atomic E-state index is 13.3. The highest BCUT2D eigenvalue weighted by Crippen LogP contribution is 2.26. The van der Waals surface area contributed by atoms with Gasteiger partial charge in [0, 0.05) is 42.8 Å². The van der Waals surface area contributed by atoms with Gasteiger partial charge in [0.2, 0.25) is 10.0 Å². The van der Waals surface area contributed by atoms with Crippen molar-refractivity contribution in [1.82, 2.24) is 14.2 Å². The SMILES string of the molecule is C[Si](C)(O)CCCN1CCCN(S(=O)(=O)c2cccc3cnccc23)CC1. The minimum absolute atomic E-state index is 0.365. The third-order valence-corrected chi connectivity index (χ3v) is 8.60. The lowest BCUT2D eigenvalue weighted by molar-refractivity contribution is 0.285. The number of rotatable bonds is 6. The van der Waals surface area contributed by atoms with E-state index in [1.807, 2.05) is 19.2 Å². The van der Waals surface area contributed by atoms with E-state index >= 15 is 0 Å². The number of hydrogen-bond donors (Lipinski definition) is 1. The average Bonchev–Trinajstić information content (AvgIpc) is 2.86. The van der Waals surface area contributed by atoms with Gasteiger partial charge < -0.3 is 9.70 Å². The fourth-order valence-electron chi connectivity index (χ4n) is 3.60. The second-order valence-corrected chi connectivity index (χ2v) is 13.9. The molecule has 2 heterocycles. The first kappa shape index (κ1) is 20.4. The van der Waals surface area contributed by atoms with Gasteiger partial charge in [-0.3, -0.25) is 4.98 Å². The molecule has 3 rings (SSSR count). The van der Waals surface area contributed by atoms with Crippen molar-refractivity contribution in [3.8, 4) is 0 Å². The molecule has 148 valence electrons. The molecule has 0 aliphatic carbocycles. The Bertz CT molecular complexity index is 878. The van der Waals surface area contributed by atoms with Gasteiger partial charge in [0.15, 0.2) is 8.32 Å². The highest BCUT2D eigenvalue weighted by Gasteiger charge is 2.28. The van der Waals surface area contributed by atoms with Crippen LogP contribution in [0.1, 0.15) is 12.8 Å². The minimum atomic E-state index is -3.53. The highest BCUT2D eigenvalue weighted by atomic mass is 32.2. The van der Waals surface area contributed by atoms with Gasteiger partial charge in [-0.05, 0) is 57.2 Å². The lowest BCUT2D eigenvalue weighted by atomic mass is 10.2. The van der Waals surface area contributed by atoms with Crippen LogP contribution in [0, 0.1) is 0 Å². The number of sulfonamides is 1. The van der Waals surface area contributed by atoms with Crippen LogP contribution in [0.15, 0.2) is 41.6 Å². The van der Waals surface area contributed by atoms with Gasteiger partial charge in [-0.2, -0.15) is 4.31 Å². The largest absolute Gasteiger partial charge is 0.432 e. The van der Waals surface area contributed by atoms with E-state index in [2.05, 4.69) is 9.88 Å². The number of pyridine rings is 1. The van der Waals surface area contributed by atoms with E-state index in [1.165, 1.54) is 0 Å². The van der Waals surface area contributed by atoms with Crippen LogP contribution in [0.3, 0.4) is 0 Å². The normalized spacial score (nSPS) is 17.9. The predicted octanol–water partition coefficient (Wildman–Crippen LogP) is 2.52. The highest BCUT2D eigenvalue weighted by molar-refractivity contribution is 7.89. The van der Waals surface area contributed by atoms with E-state index in [1.54, 1.807) is 34.9 Å². The minimum Gasteiger partial charge on any atom is -0.432 e. The summed E-state index contributed by atoms with van der Waals surface area (Å²) in [6, 6.07) is 8.01. The summed E-state index contributed by atoms with van der Waals surface area (Å²) in [6.07, 6.45) is 5.13. The van der Waals surface area contributed by atoms with Crippen LogP contribution in [0.25, 0.3) is 10.8 Å². The van der Waals surface area contributed by atoms with Crippen LogP contribution in [0.5, 0.6) is 0 Å². The molecule has 0 amide bonds. The molecule has 0 bridgehead atoms. The van der Waals surface area contributed by atoms with Crippen LogP contribution >= 0.6 is 0 Å². The molecule has 8 heteroatoms. The lowest BCUT2D eigenvalue weighted by Gasteiger charge is -2.23. The molecule has 1 N–H and O–H groups in total. The molecule has 1 fully saturated rings. The molecule has 1 aliphatic heterocycles. The summed E-state index contributed by atoms with van der Waals surface area (Å²) in [7, 11) is -5.54. The van der Waals surface area contributed by atoms with Crippen molar-refractivity contribution in [1.29, 1.82) is 0 Å². The summed E-state index contributed by atoms with van der Waals surface area (Å²) in [4.78, 5) is 16.8. The topological polar surface area (TPSA) is 73.7 Å². The molecular weight excluding hydrogens is 378 g/mol. The Balaban J connectivity index is 1.71. The van der Waals surface area contributed by atoms with Gasteiger partial charge in [0.05, 0.1) is 4.90 Å². The van der Waals surface area contributed by atoms with Gasteiger partial charge in [-0.25, -0.2) is 8.42 Å². The van der Waals surface area contributed by atoms with Crippen molar-refractivity contribution in [2.24, 2.45) is 0 Å². The summed E-state index contributed by atoms with van der Waals surface area (Å²) in [5, 5.41) is 1.56. The summed E-state index contributed by atoms with van der Waals surface area (Å²) < 4.78 is 28.1. The van der Waals surface area contributed by atoms with E-state index in [9.17, 15) is 13.2 Å². The summed E-state index contributed by atoms with van der Waals surface area (Å²) >= 11 is 0. The number of hydrogen-bond acceptors (Lipinski definition) is 5. The van der Waals surface area contributed by atoms with Crippen molar-refractivity contribution < 1.29 is 13.2 Å². The Morgan fingerprint density at radius 1 is 1.15 bits per heavy atom. The van der Waals surface area contributed by atoms with Gasteiger partial charge in [-0.15, -0.1) is 0 Å². The van der Waals surface area contributed by atoms with Crippen molar-refractivity contribution >= 4 is 29.1 Å². The molecule has 0 radical (unpaired) electrons. The number of nitrogens with zero attached hydrogens (tertiary/aromatic N) is 3. The first-order valence-corrected chi connectivity index (χ1v) is 14.1. The fourth-order valence-corrected chi connectivity index (χ4v) is 6.31. The van der Waals surface area contributed by atoms with Crippen LogP contribution in [0.4, 0.5) is 0 Å². The second kappa shape index (κ2) is 8.36. The third-order valence-electron chi connectivity index (χ3n) is 5.07. The van der Waals surface area contributed by atoms with E-state index in [-0.39, 0.29) is 0 Å². The number of fused-ring (bicyclic) bond motifs is 1. The van der Waals surface area contributed by atoms with Crippen LogP contribution in [0.2, 0.25) is 19.1 Å². The Morgan fingerprint density at radius 2 is 1.96 bits per heavy atom. The summed E-state index contributed by atoms with van der Waals surface area (Å²) in [5.74, 6) is 0. The van der Waals surface area contributed by atoms with Gasteiger partial charge in [0.1, 0.15) is 0 Å². The number of aromatic nitrogens is 1. The van der Waals surface area contributed by atoms with E-state index in [4.69, 9.17) is 0 Å². The van der Waals surface area contributed by atoms with Gasteiger partial charge in [-0.1, -0.05) is 12.1 Å². The molecule has 2 aromatic rings. The molecule has 0 saturated carbocycles. The van der Waals surface area contributed by atoms with Crippen molar-refractivity contribution in [3.63, 3.8) is 0 Å². The Hall–Kier alpha value is -1.32. The molecule has 0 spiro atoms. The molecule has 1 aliphatic rings. The van der Waals surface area contributed by atoms with E-state index < -0.39 is 18.3 Å². The predicted molar refractivity (Wildman–Crippen MR) is 111 cm³/mol. The molecule has 1 aromatic heterocycles. The third kappa shape index (κ3) is 5.14. The molecule has 0 atom stereocenters. The smallest absolute Gasteiger partial charge is 0.243 e. The van der Waals surface area contributed by atoms with Crippen LogP contribution in [-0.4, -0.2) is 68.4 Å². The first-order chi connectivity index (χ1) is 12.8. The Kier molecular flexibility index (Phi) is 6.32. The molecule has 1 aromatic carbocycles. The van der Waals surface area contributed by atoms with Crippen LogP contribution < -0.4 is 0 Å². The molecular formula is C19H29N3O3SSi. The zero-order valence-corrected chi connectivity index (χ0v) is 18.0. The van der Waals surface area contributed by atoms with Gasteiger partial charge in [0.25, 0.3) is 0 Å². The standard InChI is InChI=1S/C19H29N3O3SSi/c1-27(2,25)15-5-11-21-10-4-12-22(14-13-21)26(23,24)19-7-3-6-17-16-20-9-8-18(17)19/h3,6-9,16,25H,4-5,10-15H2,1-2H3. The Morgan fingerprint density at radius 3 is 2.74 bits per heavy atom. The molecule has 27 heavy (non-hydrogen) atoms. The zero-order valence-electron chi connectivity index (χ0n) is 16.1. The monoisotopic (exact) mass is 407 g/mol. The van der Waals surface area contributed by atoms with Crippen molar-refractivity contribution in [2.75, 3.05) is 32.7 Å². The molecule has 6 nitrogen and oxygen atoms in total. The van der Waals surface area contributed by atoms with Crippen molar-refractivity contribution in [2.45, 2.75) is 36.9 Å². The van der Waals surface area contributed by atoms with Gasteiger partial charge >= 0.3 is 0 Å². The molecule has 1 saturated heterocycles. The summed E-state index contributed by atoms with van der Waals surface area (Å²) in [6.45, 7) is 7.53. The zero-order chi connectivity index (χ0) is 19.5. The van der Waals surface area contributed by atoms with Crippen LogP contribution in [-0.2, 0) is 10.0 Å². The molecule has 0 unspecified atom stereocenters. The lowest BCUT2D eigenvalue weighted by Crippen LogP contribution is -2.36. The van der Waals surface area contributed by atoms with E-state index in [0.717, 1.165) is 49.3 Å². The summed E-state index contributed by atoms with van der Waals surface area (Å²) in [5.41, 5.74) is 0. The average molecular weight is 408 g/mol. The fraction of sp³-hybridized carbons (Fsp3) is 0.526. The Labute approximate surface area is 163 Å².